The average molecular weight is 286 g/mol. The molecule has 1 aliphatic carbocycles. The third-order valence-electron chi connectivity index (χ3n) is 3.93. The lowest BCUT2D eigenvalue weighted by Crippen LogP contribution is -2.36. The summed E-state index contributed by atoms with van der Waals surface area (Å²) in [4.78, 5) is 0. The minimum absolute atomic E-state index is 0.0621. The van der Waals surface area contributed by atoms with Gasteiger partial charge in [0.25, 0.3) is 0 Å². The van der Waals surface area contributed by atoms with Crippen LogP contribution in [-0.4, -0.2) is 50.3 Å². The molecule has 0 saturated heterocycles. The zero-order valence-electron chi connectivity index (χ0n) is 13.2. The molecule has 4 heteroatoms. The third kappa shape index (κ3) is 6.84. The molecule has 0 aliphatic heterocycles. The van der Waals surface area contributed by atoms with E-state index in [1.807, 2.05) is 0 Å². The van der Waals surface area contributed by atoms with Crippen LogP contribution in [0.1, 0.15) is 40.0 Å². The largest absolute Gasteiger partial charge is 0.394 e. The van der Waals surface area contributed by atoms with Crippen LogP contribution in [0.15, 0.2) is 11.6 Å². The second kappa shape index (κ2) is 9.50. The minimum atomic E-state index is -0.0893. The molecule has 0 bridgehead atoms. The Morgan fingerprint density at radius 3 is 2.40 bits per heavy atom. The van der Waals surface area contributed by atoms with Gasteiger partial charge in [0.15, 0.2) is 0 Å². The van der Waals surface area contributed by atoms with E-state index < -0.39 is 0 Å². The van der Waals surface area contributed by atoms with Crippen LogP contribution in [0.3, 0.4) is 0 Å². The summed E-state index contributed by atoms with van der Waals surface area (Å²) >= 11 is 0. The Morgan fingerprint density at radius 2 is 1.80 bits per heavy atom. The molecular formula is C16H30O4. The second-order valence-corrected chi connectivity index (χ2v) is 5.92. The first-order valence-corrected chi connectivity index (χ1v) is 7.62. The van der Waals surface area contributed by atoms with Crippen molar-refractivity contribution in [1.82, 2.24) is 0 Å². The number of aliphatic hydroxyl groups is 1. The van der Waals surface area contributed by atoms with Crippen molar-refractivity contribution in [1.29, 1.82) is 0 Å². The van der Waals surface area contributed by atoms with Gasteiger partial charge in [0, 0.05) is 0 Å². The van der Waals surface area contributed by atoms with Gasteiger partial charge in [-0.25, -0.2) is 0 Å². The van der Waals surface area contributed by atoms with E-state index >= 15 is 0 Å². The van der Waals surface area contributed by atoms with Crippen LogP contribution in [0.5, 0.6) is 0 Å². The van der Waals surface area contributed by atoms with Crippen molar-refractivity contribution < 1.29 is 19.3 Å². The van der Waals surface area contributed by atoms with Gasteiger partial charge in [-0.2, -0.15) is 0 Å². The van der Waals surface area contributed by atoms with Crippen molar-refractivity contribution in [3.8, 4) is 0 Å². The summed E-state index contributed by atoms with van der Waals surface area (Å²) in [7, 11) is 0. The predicted molar refractivity (Wildman–Crippen MR) is 79.9 cm³/mol. The van der Waals surface area contributed by atoms with Gasteiger partial charge < -0.3 is 19.3 Å². The number of rotatable bonds is 10. The van der Waals surface area contributed by atoms with Gasteiger partial charge in [-0.15, -0.1) is 0 Å². The van der Waals surface area contributed by atoms with Crippen LogP contribution in [0.25, 0.3) is 0 Å². The van der Waals surface area contributed by atoms with Crippen LogP contribution in [0, 0.1) is 5.92 Å². The zero-order valence-corrected chi connectivity index (χ0v) is 13.2. The van der Waals surface area contributed by atoms with Crippen molar-refractivity contribution in [2.24, 2.45) is 5.92 Å². The molecule has 0 saturated carbocycles. The van der Waals surface area contributed by atoms with Crippen LogP contribution in [-0.2, 0) is 14.2 Å². The van der Waals surface area contributed by atoms with Crippen LogP contribution in [0.2, 0.25) is 0 Å². The quantitative estimate of drug-likeness (QED) is 0.495. The molecule has 20 heavy (non-hydrogen) atoms. The first-order chi connectivity index (χ1) is 9.56. The molecule has 4 nitrogen and oxygen atoms in total. The summed E-state index contributed by atoms with van der Waals surface area (Å²) in [5.41, 5.74) is 1.41. The van der Waals surface area contributed by atoms with E-state index in [2.05, 4.69) is 26.8 Å². The van der Waals surface area contributed by atoms with Gasteiger partial charge in [-0.05, 0) is 46.0 Å². The van der Waals surface area contributed by atoms with E-state index in [-0.39, 0.29) is 12.2 Å². The predicted octanol–water partition coefficient (Wildman–Crippen LogP) is 2.55. The normalized spacial score (nSPS) is 20.0. The Kier molecular flexibility index (Phi) is 8.38. The lowest BCUT2D eigenvalue weighted by molar-refractivity contribution is -0.0849. The molecule has 0 amide bonds. The highest BCUT2D eigenvalue weighted by molar-refractivity contribution is 5.05. The fraction of sp³-hybridized carbons (Fsp3) is 0.875. The van der Waals surface area contributed by atoms with Crippen molar-refractivity contribution in [2.75, 3.05) is 39.6 Å². The molecule has 0 radical (unpaired) electrons. The highest BCUT2D eigenvalue weighted by Crippen LogP contribution is 2.33. The van der Waals surface area contributed by atoms with Gasteiger partial charge >= 0.3 is 0 Å². The number of allylic oxidation sites excluding steroid dienone is 2. The number of hydrogen-bond acceptors (Lipinski definition) is 4. The first-order valence-electron chi connectivity index (χ1n) is 7.62. The van der Waals surface area contributed by atoms with Gasteiger partial charge in [-0.3, -0.25) is 0 Å². The Labute approximate surface area is 123 Å². The Balaban J connectivity index is 2.08. The molecule has 0 unspecified atom stereocenters. The molecule has 0 aromatic carbocycles. The first kappa shape index (κ1) is 17.6. The highest BCUT2D eigenvalue weighted by Gasteiger charge is 2.30. The Hall–Kier alpha value is -0.420. The molecule has 0 spiro atoms. The maximum absolute atomic E-state index is 8.55. The summed E-state index contributed by atoms with van der Waals surface area (Å²) in [6.07, 6.45) is 5.87. The summed E-state index contributed by atoms with van der Waals surface area (Å²) in [6, 6.07) is 0. The molecule has 1 aliphatic rings. The van der Waals surface area contributed by atoms with Gasteiger partial charge in [0.1, 0.15) is 0 Å². The standard InChI is InChI=1S/C16H30O4/c1-14-4-6-15(7-5-14)16(2,3)20-13-12-19-11-10-18-9-8-17/h4,15,17H,5-13H2,1-3H3/t15-/m0/s1. The molecule has 1 N–H and O–H groups in total. The van der Waals surface area contributed by atoms with E-state index in [0.717, 1.165) is 6.42 Å². The second-order valence-electron chi connectivity index (χ2n) is 5.92. The summed E-state index contributed by atoms with van der Waals surface area (Å²) in [5.74, 6) is 0.596. The Bertz CT molecular complexity index is 286. The maximum atomic E-state index is 8.55. The summed E-state index contributed by atoms with van der Waals surface area (Å²) in [5, 5.41) is 8.55. The molecule has 0 fully saturated rings. The summed E-state index contributed by atoms with van der Waals surface area (Å²) in [6.45, 7) is 9.28. The molecular weight excluding hydrogens is 256 g/mol. The lowest BCUT2D eigenvalue weighted by atomic mass is 9.79. The van der Waals surface area contributed by atoms with Crippen molar-refractivity contribution in [3.05, 3.63) is 11.6 Å². The number of ether oxygens (including phenoxy) is 3. The van der Waals surface area contributed by atoms with Crippen molar-refractivity contribution in [2.45, 2.75) is 45.6 Å². The number of hydrogen-bond donors (Lipinski definition) is 1. The fourth-order valence-corrected chi connectivity index (χ4v) is 2.46. The zero-order chi connectivity index (χ0) is 14.8. The van der Waals surface area contributed by atoms with E-state index in [1.54, 1.807) is 0 Å². The highest BCUT2D eigenvalue weighted by atomic mass is 16.6. The van der Waals surface area contributed by atoms with Crippen LogP contribution < -0.4 is 0 Å². The molecule has 1 atom stereocenters. The van der Waals surface area contributed by atoms with Crippen LogP contribution in [0.4, 0.5) is 0 Å². The van der Waals surface area contributed by atoms with Crippen molar-refractivity contribution >= 4 is 0 Å². The van der Waals surface area contributed by atoms with E-state index in [4.69, 9.17) is 19.3 Å². The van der Waals surface area contributed by atoms with E-state index in [1.165, 1.54) is 18.4 Å². The lowest BCUT2D eigenvalue weighted by Gasteiger charge is -2.36. The SMILES string of the molecule is CC1=CC[C@H](C(C)(C)OCCOCCOCCO)CC1. The molecule has 1 rings (SSSR count). The minimum Gasteiger partial charge on any atom is -0.394 e. The number of aliphatic hydroxyl groups excluding tert-OH is 1. The molecule has 118 valence electrons. The molecule has 0 aromatic rings. The Morgan fingerprint density at radius 1 is 1.15 bits per heavy atom. The van der Waals surface area contributed by atoms with Gasteiger partial charge in [-0.1, -0.05) is 11.6 Å². The van der Waals surface area contributed by atoms with Crippen molar-refractivity contribution in [3.63, 3.8) is 0 Å². The van der Waals surface area contributed by atoms with Gasteiger partial charge in [0.2, 0.25) is 0 Å². The monoisotopic (exact) mass is 286 g/mol. The molecule has 0 heterocycles. The summed E-state index contributed by atoms with van der Waals surface area (Å²) < 4.78 is 16.5. The average Bonchev–Trinajstić information content (AvgIpc) is 2.42. The van der Waals surface area contributed by atoms with E-state index in [9.17, 15) is 0 Å². The smallest absolute Gasteiger partial charge is 0.0707 e. The topological polar surface area (TPSA) is 47.9 Å². The van der Waals surface area contributed by atoms with Gasteiger partial charge in [0.05, 0.1) is 45.2 Å². The third-order valence-corrected chi connectivity index (χ3v) is 3.93. The molecule has 0 aromatic heterocycles. The van der Waals surface area contributed by atoms with E-state index in [0.29, 0.717) is 39.0 Å². The maximum Gasteiger partial charge on any atom is 0.0707 e. The van der Waals surface area contributed by atoms with Crippen LogP contribution >= 0.6 is 0 Å². The fourth-order valence-electron chi connectivity index (χ4n) is 2.46.